The maximum absolute atomic E-state index is 14.2. The molecule has 0 unspecified atom stereocenters. The van der Waals surface area contributed by atoms with Crippen molar-refractivity contribution in [2.24, 2.45) is 0 Å². The lowest BCUT2D eigenvalue weighted by Gasteiger charge is -2.14. The van der Waals surface area contributed by atoms with E-state index in [1.54, 1.807) is 18.2 Å². The number of halogens is 3. The van der Waals surface area contributed by atoms with Gasteiger partial charge in [0.2, 0.25) is 0 Å². The maximum Gasteiger partial charge on any atom is 0.258 e. The number of methoxy groups -OCH3 is 1. The molecule has 0 radical (unpaired) electrons. The second kappa shape index (κ2) is 10.5. The van der Waals surface area contributed by atoms with Gasteiger partial charge in [-0.25, -0.2) is 4.39 Å². The normalized spacial score (nSPS) is 10.4. The van der Waals surface area contributed by atoms with Crippen molar-refractivity contribution < 1.29 is 23.8 Å². The number of benzene rings is 3. The standard InChI is InChI=1S/C24H18BrFN2O4.ClH/c1-31-22-10-16-19(28-24(30)15-9-21(29)17(25)11-18(15)26)7-8-27-20(16)12-23(22)32-13-14-5-3-2-4-6-14;/h2-12,29H,13H2,1H3,(H,27,28,30);1H. The average molecular weight is 534 g/mol. The van der Waals surface area contributed by atoms with Crippen LogP contribution in [0.5, 0.6) is 17.2 Å². The van der Waals surface area contributed by atoms with Crippen molar-refractivity contribution >= 4 is 50.8 Å². The molecule has 0 aliphatic carbocycles. The lowest BCUT2D eigenvalue weighted by Crippen LogP contribution is -2.14. The number of carbonyl (C=O) groups excluding carboxylic acids is 1. The predicted molar refractivity (Wildman–Crippen MR) is 130 cm³/mol. The summed E-state index contributed by atoms with van der Waals surface area (Å²) in [5.74, 6) is -0.744. The van der Waals surface area contributed by atoms with Gasteiger partial charge in [0, 0.05) is 17.6 Å². The molecule has 1 heterocycles. The first-order valence-electron chi connectivity index (χ1n) is 9.59. The molecule has 9 heteroatoms. The van der Waals surface area contributed by atoms with E-state index in [1.165, 1.54) is 13.3 Å². The van der Waals surface area contributed by atoms with Gasteiger partial charge in [0.05, 0.1) is 28.4 Å². The van der Waals surface area contributed by atoms with E-state index in [0.29, 0.717) is 34.7 Å². The van der Waals surface area contributed by atoms with Crippen LogP contribution in [-0.4, -0.2) is 23.1 Å². The number of aromatic hydroxyl groups is 1. The molecule has 3 aromatic carbocycles. The highest BCUT2D eigenvalue weighted by Crippen LogP contribution is 2.35. The van der Waals surface area contributed by atoms with Crippen LogP contribution in [0, 0.1) is 5.82 Å². The number of nitrogens with one attached hydrogen (secondary N) is 1. The Labute approximate surface area is 203 Å². The number of phenolic OH excluding ortho intramolecular Hbond substituents is 1. The predicted octanol–water partition coefficient (Wildman–Crippen LogP) is 6.10. The number of phenols is 1. The summed E-state index contributed by atoms with van der Waals surface area (Å²) in [4.78, 5) is 17.0. The van der Waals surface area contributed by atoms with Crippen LogP contribution in [0.25, 0.3) is 10.9 Å². The summed E-state index contributed by atoms with van der Waals surface area (Å²) < 4.78 is 25.8. The fourth-order valence-corrected chi connectivity index (χ4v) is 3.49. The van der Waals surface area contributed by atoms with E-state index < -0.39 is 11.7 Å². The quantitative estimate of drug-likeness (QED) is 0.313. The summed E-state index contributed by atoms with van der Waals surface area (Å²) in [5, 5.41) is 13.1. The van der Waals surface area contributed by atoms with Gasteiger partial charge in [-0.1, -0.05) is 30.3 Å². The Morgan fingerprint density at radius 3 is 2.61 bits per heavy atom. The molecule has 0 saturated carbocycles. The topological polar surface area (TPSA) is 80.7 Å². The van der Waals surface area contributed by atoms with Gasteiger partial charge in [0.15, 0.2) is 11.5 Å². The van der Waals surface area contributed by atoms with E-state index in [9.17, 15) is 14.3 Å². The lowest BCUT2D eigenvalue weighted by molar-refractivity contribution is 0.102. The molecule has 0 aliphatic rings. The third kappa shape index (κ3) is 5.35. The van der Waals surface area contributed by atoms with Crippen LogP contribution in [-0.2, 0) is 6.61 Å². The third-order valence-electron chi connectivity index (χ3n) is 4.79. The van der Waals surface area contributed by atoms with Crippen molar-refractivity contribution in [2.75, 3.05) is 12.4 Å². The van der Waals surface area contributed by atoms with E-state index in [-0.39, 0.29) is 28.2 Å². The molecule has 4 aromatic rings. The van der Waals surface area contributed by atoms with Crippen molar-refractivity contribution in [1.82, 2.24) is 4.98 Å². The highest BCUT2D eigenvalue weighted by Gasteiger charge is 2.17. The summed E-state index contributed by atoms with van der Waals surface area (Å²) in [6.45, 7) is 0.353. The first-order valence-corrected chi connectivity index (χ1v) is 10.4. The van der Waals surface area contributed by atoms with Crippen LogP contribution in [0.2, 0.25) is 0 Å². The summed E-state index contributed by atoms with van der Waals surface area (Å²) in [6.07, 6.45) is 1.53. The molecular weight excluding hydrogens is 515 g/mol. The molecule has 0 fully saturated rings. The first-order chi connectivity index (χ1) is 15.5. The van der Waals surface area contributed by atoms with Gasteiger partial charge in [-0.15, -0.1) is 12.4 Å². The number of hydrogen-bond donors (Lipinski definition) is 2. The first kappa shape index (κ1) is 24.3. The Morgan fingerprint density at radius 1 is 1.12 bits per heavy atom. The largest absolute Gasteiger partial charge is 0.507 e. The molecule has 4 rings (SSSR count). The van der Waals surface area contributed by atoms with Gasteiger partial charge in [-0.2, -0.15) is 0 Å². The molecule has 0 aliphatic heterocycles. The zero-order valence-electron chi connectivity index (χ0n) is 17.3. The molecule has 1 aromatic heterocycles. The number of fused-ring (bicyclic) bond motifs is 1. The molecule has 33 heavy (non-hydrogen) atoms. The molecule has 6 nitrogen and oxygen atoms in total. The fourth-order valence-electron chi connectivity index (χ4n) is 3.17. The molecule has 1 amide bonds. The number of nitrogens with zero attached hydrogens (tertiary/aromatic N) is 1. The van der Waals surface area contributed by atoms with Gasteiger partial charge in [0.25, 0.3) is 5.91 Å². The Kier molecular flexibility index (Phi) is 7.73. The van der Waals surface area contributed by atoms with E-state index in [2.05, 4.69) is 26.2 Å². The monoisotopic (exact) mass is 532 g/mol. The minimum Gasteiger partial charge on any atom is -0.507 e. The van der Waals surface area contributed by atoms with Crippen LogP contribution < -0.4 is 14.8 Å². The van der Waals surface area contributed by atoms with Crippen molar-refractivity contribution in [2.45, 2.75) is 6.61 Å². The van der Waals surface area contributed by atoms with Crippen LogP contribution in [0.3, 0.4) is 0 Å². The minimum absolute atomic E-state index is 0. The van der Waals surface area contributed by atoms with Crippen LogP contribution in [0.4, 0.5) is 10.1 Å². The van der Waals surface area contributed by atoms with Gasteiger partial charge in [-0.05, 0) is 45.8 Å². The Hall–Kier alpha value is -3.36. The van der Waals surface area contributed by atoms with Crippen molar-refractivity contribution in [3.8, 4) is 17.2 Å². The van der Waals surface area contributed by atoms with Gasteiger partial charge in [0.1, 0.15) is 18.2 Å². The van der Waals surface area contributed by atoms with Crippen LogP contribution in [0.1, 0.15) is 15.9 Å². The molecule has 0 spiro atoms. The Balaban J connectivity index is 0.00000306. The highest BCUT2D eigenvalue weighted by atomic mass is 79.9. The smallest absolute Gasteiger partial charge is 0.258 e. The summed E-state index contributed by atoms with van der Waals surface area (Å²) >= 11 is 3.02. The number of carbonyl (C=O) groups is 1. The van der Waals surface area contributed by atoms with Crippen molar-refractivity contribution in [3.05, 3.63) is 88.3 Å². The number of ether oxygens (including phenoxy) is 2. The molecular formula is C24H19BrClFN2O4. The second-order valence-corrected chi connectivity index (χ2v) is 7.74. The number of hydrogen-bond acceptors (Lipinski definition) is 5. The minimum atomic E-state index is -0.764. The zero-order chi connectivity index (χ0) is 22.7. The number of anilines is 1. The fraction of sp³-hybridized carbons (Fsp3) is 0.0833. The van der Waals surface area contributed by atoms with Crippen molar-refractivity contribution in [3.63, 3.8) is 0 Å². The SMILES string of the molecule is COc1cc2c(NC(=O)c3cc(O)c(Br)cc3F)ccnc2cc1OCc1ccccc1.Cl. The van der Waals surface area contributed by atoms with E-state index in [4.69, 9.17) is 9.47 Å². The summed E-state index contributed by atoms with van der Waals surface area (Å²) in [5.41, 5.74) is 1.69. The summed E-state index contributed by atoms with van der Waals surface area (Å²) in [7, 11) is 1.52. The van der Waals surface area contributed by atoms with Gasteiger partial charge >= 0.3 is 0 Å². The lowest BCUT2D eigenvalue weighted by atomic mass is 10.1. The second-order valence-electron chi connectivity index (χ2n) is 6.89. The van der Waals surface area contributed by atoms with E-state index in [0.717, 1.165) is 17.7 Å². The molecule has 0 atom stereocenters. The summed E-state index contributed by atoms with van der Waals surface area (Å²) in [6, 6.07) is 16.8. The Morgan fingerprint density at radius 2 is 1.88 bits per heavy atom. The number of rotatable bonds is 6. The molecule has 0 bridgehead atoms. The number of amides is 1. The molecule has 170 valence electrons. The maximum atomic E-state index is 14.2. The van der Waals surface area contributed by atoms with Crippen LogP contribution >= 0.6 is 28.3 Å². The Bertz CT molecular complexity index is 1300. The highest BCUT2D eigenvalue weighted by molar-refractivity contribution is 9.10. The van der Waals surface area contributed by atoms with E-state index >= 15 is 0 Å². The molecule has 2 N–H and O–H groups in total. The molecule has 0 saturated heterocycles. The number of pyridine rings is 1. The average Bonchev–Trinajstić information content (AvgIpc) is 2.80. The van der Waals surface area contributed by atoms with Gasteiger partial charge in [-0.3, -0.25) is 9.78 Å². The number of aromatic nitrogens is 1. The third-order valence-corrected chi connectivity index (χ3v) is 5.43. The van der Waals surface area contributed by atoms with E-state index in [1.807, 2.05) is 30.3 Å². The van der Waals surface area contributed by atoms with Crippen molar-refractivity contribution in [1.29, 1.82) is 0 Å². The zero-order valence-corrected chi connectivity index (χ0v) is 19.7. The van der Waals surface area contributed by atoms with Crippen LogP contribution in [0.15, 0.2) is 71.3 Å². The van der Waals surface area contributed by atoms with Gasteiger partial charge < -0.3 is 19.9 Å².